The van der Waals surface area contributed by atoms with Crippen molar-refractivity contribution in [2.24, 2.45) is 5.73 Å². The van der Waals surface area contributed by atoms with Crippen LogP contribution in [0, 0.1) is 12.7 Å². The maximum absolute atomic E-state index is 13.8. The number of carbonyl (C=O) groups excluding carboxylic acids is 1. The molecule has 0 aliphatic carbocycles. The summed E-state index contributed by atoms with van der Waals surface area (Å²) < 4.78 is 20.1. The lowest BCUT2D eigenvalue weighted by molar-refractivity contribution is 0.0460. The van der Waals surface area contributed by atoms with E-state index in [0.717, 1.165) is 9.71 Å². The molecule has 4 nitrogen and oxygen atoms in total. The third kappa shape index (κ3) is 3.09. The van der Waals surface area contributed by atoms with Crippen molar-refractivity contribution in [3.05, 3.63) is 26.9 Å². The average Bonchev–Trinajstić information content (AvgIpc) is 2.66. The second-order valence-electron chi connectivity index (χ2n) is 5.13. The van der Waals surface area contributed by atoms with E-state index in [1.54, 1.807) is 26.8 Å². The number of nitrogens with zero attached hydrogens (tertiary/aromatic N) is 1. The fourth-order valence-corrected chi connectivity index (χ4v) is 3.96. The molecular formula is C13H14BrFN2O2S. The average molecular weight is 361 g/mol. The molecule has 0 unspecified atom stereocenters. The second-order valence-corrected chi connectivity index (χ2v) is 7.04. The van der Waals surface area contributed by atoms with Crippen molar-refractivity contribution in [1.29, 1.82) is 0 Å². The Morgan fingerprint density at radius 2 is 2.25 bits per heavy atom. The molecule has 0 fully saturated rings. The first-order chi connectivity index (χ1) is 9.19. The number of nitrogens with two attached hydrogens (primary N) is 1. The monoisotopic (exact) mass is 360 g/mol. The molecule has 2 rings (SSSR count). The minimum Gasteiger partial charge on any atom is -0.443 e. The number of ether oxygens (including phenoxy) is 1. The fourth-order valence-electron chi connectivity index (χ4n) is 1.92. The molecule has 108 valence electrons. The van der Waals surface area contributed by atoms with E-state index in [1.807, 2.05) is 0 Å². The number of aryl methyl sites for hydroxylation is 1. The van der Waals surface area contributed by atoms with Gasteiger partial charge in [-0.15, -0.1) is 11.3 Å². The zero-order valence-corrected chi connectivity index (χ0v) is 13.7. The zero-order chi connectivity index (χ0) is 15.1. The third-order valence-corrected chi connectivity index (χ3v) is 4.47. The van der Waals surface area contributed by atoms with Crippen LogP contribution in [0.1, 0.15) is 24.4 Å². The van der Waals surface area contributed by atoms with Gasteiger partial charge in [0.05, 0.1) is 19.7 Å². The van der Waals surface area contributed by atoms with Crippen LogP contribution in [-0.2, 0) is 11.2 Å². The van der Waals surface area contributed by atoms with E-state index in [0.29, 0.717) is 22.0 Å². The van der Waals surface area contributed by atoms with Gasteiger partial charge in [0, 0.05) is 6.42 Å². The van der Waals surface area contributed by atoms with Crippen molar-refractivity contribution in [3.63, 3.8) is 0 Å². The topological polar surface area (TPSA) is 65.2 Å². The van der Waals surface area contributed by atoms with Crippen LogP contribution >= 0.6 is 27.3 Å². The maximum Gasteiger partial charge on any atom is 0.405 e. The molecule has 0 atom stereocenters. The molecule has 2 N–H and O–H groups in total. The highest BCUT2D eigenvalue weighted by Gasteiger charge is 2.25. The molecule has 0 saturated carbocycles. The predicted octanol–water partition coefficient (Wildman–Crippen LogP) is 3.92. The number of carbonyl (C=O) groups is 1. The van der Waals surface area contributed by atoms with Gasteiger partial charge in [-0.1, -0.05) is 0 Å². The van der Waals surface area contributed by atoms with Gasteiger partial charge in [0.1, 0.15) is 11.4 Å². The van der Waals surface area contributed by atoms with E-state index in [9.17, 15) is 9.18 Å². The summed E-state index contributed by atoms with van der Waals surface area (Å²) in [5, 5.41) is 0.761. The Bertz CT molecular complexity index is 685. The van der Waals surface area contributed by atoms with E-state index in [4.69, 9.17) is 10.5 Å². The van der Waals surface area contributed by atoms with Crippen LogP contribution in [-0.4, -0.2) is 16.7 Å². The summed E-state index contributed by atoms with van der Waals surface area (Å²) in [5.41, 5.74) is 5.43. The molecule has 0 radical (unpaired) electrons. The molecule has 20 heavy (non-hydrogen) atoms. The Hall–Kier alpha value is -1.21. The molecule has 2 aromatic rings. The zero-order valence-electron chi connectivity index (χ0n) is 11.3. The second kappa shape index (κ2) is 5.29. The molecular weight excluding hydrogens is 347 g/mol. The van der Waals surface area contributed by atoms with Crippen LogP contribution in [0.15, 0.2) is 10.5 Å². The molecule has 1 aromatic carbocycles. The van der Waals surface area contributed by atoms with Crippen LogP contribution < -0.4 is 5.73 Å². The smallest absolute Gasteiger partial charge is 0.405 e. The lowest BCUT2D eigenvalue weighted by Gasteiger charge is -2.22. The molecule has 0 saturated heterocycles. The number of hydrogen-bond acceptors (Lipinski definition) is 4. The summed E-state index contributed by atoms with van der Waals surface area (Å²) >= 11 is 4.68. The van der Waals surface area contributed by atoms with Gasteiger partial charge in [0.2, 0.25) is 0 Å². The lowest BCUT2D eigenvalue weighted by Crippen LogP contribution is -2.33. The van der Waals surface area contributed by atoms with Crippen molar-refractivity contribution >= 4 is 43.6 Å². The van der Waals surface area contributed by atoms with Gasteiger partial charge in [-0.05, 0) is 48.3 Å². The highest BCUT2D eigenvalue weighted by atomic mass is 79.9. The van der Waals surface area contributed by atoms with Gasteiger partial charge >= 0.3 is 6.09 Å². The molecule has 1 amide bonds. The van der Waals surface area contributed by atoms with Crippen molar-refractivity contribution in [3.8, 4) is 0 Å². The lowest BCUT2D eigenvalue weighted by atomic mass is 10.1. The number of thiazole rings is 1. The normalized spacial score (nSPS) is 11.8. The minimum absolute atomic E-state index is 0.304. The van der Waals surface area contributed by atoms with E-state index in [2.05, 4.69) is 20.9 Å². The van der Waals surface area contributed by atoms with Gasteiger partial charge in [0.15, 0.2) is 0 Å². The molecule has 0 aliphatic heterocycles. The number of benzene rings is 1. The largest absolute Gasteiger partial charge is 0.443 e. The number of primary amides is 1. The maximum atomic E-state index is 13.8. The first kappa shape index (κ1) is 15.2. The molecule has 7 heteroatoms. The Balaban J connectivity index is 2.38. The molecule has 0 aliphatic rings. The Morgan fingerprint density at radius 1 is 1.60 bits per heavy atom. The van der Waals surface area contributed by atoms with E-state index >= 15 is 0 Å². The summed E-state index contributed by atoms with van der Waals surface area (Å²) in [4.78, 5) is 15.3. The van der Waals surface area contributed by atoms with E-state index in [-0.39, 0.29) is 5.82 Å². The van der Waals surface area contributed by atoms with Crippen molar-refractivity contribution in [2.45, 2.75) is 32.8 Å². The summed E-state index contributed by atoms with van der Waals surface area (Å²) in [7, 11) is 0. The number of fused-ring (bicyclic) bond motifs is 1. The number of hydrogen-bond donors (Lipinski definition) is 1. The van der Waals surface area contributed by atoms with Gasteiger partial charge < -0.3 is 10.5 Å². The summed E-state index contributed by atoms with van der Waals surface area (Å²) in [5.74, 6) is -0.304. The van der Waals surface area contributed by atoms with Crippen LogP contribution in [0.25, 0.3) is 10.2 Å². The highest BCUT2D eigenvalue weighted by molar-refractivity contribution is 9.10. The van der Waals surface area contributed by atoms with Gasteiger partial charge in [-0.3, -0.25) is 0 Å². The molecule has 1 aromatic heterocycles. The minimum atomic E-state index is -0.820. The number of halogens is 2. The Kier molecular flexibility index (Phi) is 4.02. The Morgan fingerprint density at radius 3 is 2.85 bits per heavy atom. The van der Waals surface area contributed by atoms with Gasteiger partial charge in [0.25, 0.3) is 0 Å². The first-order valence-electron chi connectivity index (χ1n) is 5.92. The quantitative estimate of drug-likeness (QED) is 0.901. The molecule has 0 bridgehead atoms. The van der Waals surface area contributed by atoms with Crippen LogP contribution in [0.5, 0.6) is 0 Å². The first-order valence-corrected chi connectivity index (χ1v) is 7.53. The third-order valence-electron chi connectivity index (χ3n) is 2.75. The SMILES string of the molecule is Cc1cc2sc(CC(C)(C)OC(N)=O)nc2c(Br)c1F. The van der Waals surface area contributed by atoms with Crippen LogP contribution in [0.4, 0.5) is 9.18 Å². The van der Waals surface area contributed by atoms with Gasteiger partial charge in [-0.25, -0.2) is 14.2 Å². The number of aromatic nitrogens is 1. The van der Waals surface area contributed by atoms with E-state index < -0.39 is 11.7 Å². The van der Waals surface area contributed by atoms with Crippen LogP contribution in [0.2, 0.25) is 0 Å². The fraction of sp³-hybridized carbons (Fsp3) is 0.385. The van der Waals surface area contributed by atoms with Crippen molar-refractivity contribution < 1.29 is 13.9 Å². The standard InChI is InChI=1S/C13H14BrFN2O2S/c1-6-4-7-11(9(14)10(6)15)17-8(20-7)5-13(2,3)19-12(16)18/h4H,5H2,1-3H3,(H2,16,18). The van der Waals surface area contributed by atoms with Crippen LogP contribution in [0.3, 0.4) is 0 Å². The summed E-state index contributed by atoms with van der Waals surface area (Å²) in [6, 6.07) is 1.76. The van der Waals surface area contributed by atoms with Crippen molar-refractivity contribution in [2.75, 3.05) is 0 Å². The highest BCUT2D eigenvalue weighted by Crippen LogP contribution is 2.34. The van der Waals surface area contributed by atoms with Gasteiger partial charge in [-0.2, -0.15) is 0 Å². The number of rotatable bonds is 3. The summed E-state index contributed by atoms with van der Waals surface area (Å²) in [6.07, 6.45) is -0.401. The van der Waals surface area contributed by atoms with E-state index in [1.165, 1.54) is 11.3 Å². The molecule has 0 spiro atoms. The molecule has 1 heterocycles. The Labute approximate surface area is 128 Å². The predicted molar refractivity (Wildman–Crippen MR) is 80.5 cm³/mol. The summed E-state index contributed by atoms with van der Waals surface area (Å²) in [6.45, 7) is 5.22. The number of amides is 1. The van der Waals surface area contributed by atoms with Crippen molar-refractivity contribution in [1.82, 2.24) is 4.98 Å².